The van der Waals surface area contributed by atoms with Crippen LogP contribution in [0.2, 0.25) is 5.15 Å². The lowest BCUT2D eigenvalue weighted by atomic mass is 10.3. The first-order chi connectivity index (χ1) is 9.44. The molecular weight excluding hydrogens is 302 g/mol. The number of nitrogens with one attached hydrogen (secondary N) is 1. The first-order valence-electron chi connectivity index (χ1n) is 5.51. The Kier molecular flexibility index (Phi) is 4.01. The Balaban J connectivity index is 2.36. The quantitative estimate of drug-likeness (QED) is 0.666. The number of nitrogens with zero attached hydrogens (tertiary/aromatic N) is 1. The molecule has 0 aliphatic heterocycles. The van der Waals surface area contributed by atoms with Crippen LogP contribution < -0.4 is 15.2 Å². The smallest absolute Gasteiger partial charge is 0.262 e. The molecule has 0 saturated heterocycles. The molecule has 8 heteroatoms. The maximum Gasteiger partial charge on any atom is 0.262 e. The molecule has 3 N–H and O–H groups in total. The second-order valence-electron chi connectivity index (χ2n) is 3.85. The number of sulfonamides is 1. The van der Waals surface area contributed by atoms with Gasteiger partial charge < -0.3 is 10.5 Å². The van der Waals surface area contributed by atoms with Crippen LogP contribution in [0, 0.1) is 0 Å². The van der Waals surface area contributed by atoms with Gasteiger partial charge in [-0.3, -0.25) is 4.72 Å². The number of halogens is 1. The summed E-state index contributed by atoms with van der Waals surface area (Å²) in [6.45, 7) is 0. The Hall–Kier alpha value is -1.99. The average Bonchev–Trinajstić information content (AvgIpc) is 2.41. The van der Waals surface area contributed by atoms with Gasteiger partial charge in [-0.25, -0.2) is 13.4 Å². The van der Waals surface area contributed by atoms with Gasteiger partial charge in [-0.05, 0) is 30.3 Å². The van der Waals surface area contributed by atoms with Crippen LogP contribution in [0.4, 0.5) is 11.4 Å². The predicted molar refractivity (Wildman–Crippen MR) is 77.5 cm³/mol. The molecule has 20 heavy (non-hydrogen) atoms. The first-order valence-corrected chi connectivity index (χ1v) is 7.37. The fourth-order valence-corrected chi connectivity index (χ4v) is 2.87. The molecule has 0 amide bonds. The zero-order valence-electron chi connectivity index (χ0n) is 10.5. The highest BCUT2D eigenvalue weighted by Crippen LogP contribution is 2.27. The van der Waals surface area contributed by atoms with E-state index in [4.69, 9.17) is 22.1 Å². The molecule has 0 fully saturated rings. The molecule has 106 valence electrons. The highest BCUT2D eigenvalue weighted by Gasteiger charge is 2.17. The maximum absolute atomic E-state index is 12.2. The summed E-state index contributed by atoms with van der Waals surface area (Å²) in [5, 5.41) is 0.0672. The van der Waals surface area contributed by atoms with E-state index in [9.17, 15) is 8.42 Å². The van der Waals surface area contributed by atoms with Gasteiger partial charge in [0, 0.05) is 6.20 Å². The monoisotopic (exact) mass is 313 g/mol. The van der Waals surface area contributed by atoms with Crippen LogP contribution in [-0.4, -0.2) is 20.5 Å². The summed E-state index contributed by atoms with van der Waals surface area (Å²) >= 11 is 5.81. The van der Waals surface area contributed by atoms with E-state index in [1.54, 1.807) is 6.07 Å². The van der Waals surface area contributed by atoms with Crippen molar-refractivity contribution in [3.63, 3.8) is 0 Å². The van der Waals surface area contributed by atoms with Gasteiger partial charge >= 0.3 is 0 Å². The Morgan fingerprint density at radius 3 is 2.70 bits per heavy atom. The Labute approximate surface area is 121 Å². The number of pyridine rings is 1. The van der Waals surface area contributed by atoms with Gasteiger partial charge in [-0.2, -0.15) is 0 Å². The lowest BCUT2D eigenvalue weighted by molar-refractivity contribution is 0.416. The third kappa shape index (κ3) is 2.94. The van der Waals surface area contributed by atoms with Crippen molar-refractivity contribution < 1.29 is 13.2 Å². The number of ether oxygens (including phenoxy) is 1. The van der Waals surface area contributed by atoms with Crippen LogP contribution in [0.1, 0.15) is 0 Å². The number of benzene rings is 1. The van der Waals surface area contributed by atoms with Crippen molar-refractivity contribution in [1.29, 1.82) is 0 Å². The van der Waals surface area contributed by atoms with E-state index in [2.05, 4.69) is 9.71 Å². The van der Waals surface area contributed by atoms with Gasteiger partial charge in [0.2, 0.25) is 0 Å². The molecular formula is C12H12ClN3O3S. The minimum Gasteiger partial charge on any atom is -0.495 e. The van der Waals surface area contributed by atoms with Crippen molar-refractivity contribution >= 4 is 33.0 Å². The summed E-state index contributed by atoms with van der Waals surface area (Å²) in [5.74, 6) is 0.406. The fourth-order valence-electron chi connectivity index (χ4n) is 1.55. The van der Waals surface area contributed by atoms with E-state index >= 15 is 0 Å². The number of nitrogens with two attached hydrogens (primary N) is 1. The highest BCUT2D eigenvalue weighted by atomic mass is 35.5. The van der Waals surface area contributed by atoms with Crippen molar-refractivity contribution in [2.24, 2.45) is 0 Å². The summed E-state index contributed by atoms with van der Waals surface area (Å²) in [6.07, 6.45) is 1.46. The molecule has 1 aromatic heterocycles. The topological polar surface area (TPSA) is 94.3 Å². The second kappa shape index (κ2) is 5.56. The summed E-state index contributed by atoms with van der Waals surface area (Å²) in [6, 6.07) is 7.27. The van der Waals surface area contributed by atoms with Crippen LogP contribution in [0.5, 0.6) is 5.75 Å². The fraction of sp³-hybridized carbons (Fsp3) is 0.0833. The van der Waals surface area contributed by atoms with E-state index in [-0.39, 0.29) is 21.4 Å². The average molecular weight is 314 g/mol. The molecule has 0 saturated carbocycles. The van der Waals surface area contributed by atoms with E-state index in [0.29, 0.717) is 5.75 Å². The lowest BCUT2D eigenvalue weighted by Gasteiger charge is -2.10. The van der Waals surface area contributed by atoms with Crippen LogP contribution in [0.3, 0.4) is 0 Å². The Morgan fingerprint density at radius 1 is 1.35 bits per heavy atom. The molecule has 0 bridgehead atoms. The predicted octanol–water partition coefficient (Wildman–Crippen LogP) is 2.13. The van der Waals surface area contributed by atoms with Gasteiger partial charge in [0.05, 0.1) is 23.4 Å². The number of nitrogen functional groups attached to an aromatic ring is 1. The van der Waals surface area contributed by atoms with Gasteiger partial charge in [-0.1, -0.05) is 11.6 Å². The number of hydrogen-bond acceptors (Lipinski definition) is 5. The van der Waals surface area contributed by atoms with Crippen LogP contribution in [0.15, 0.2) is 41.4 Å². The maximum atomic E-state index is 12.2. The van der Waals surface area contributed by atoms with Gasteiger partial charge in [0.15, 0.2) is 5.15 Å². The van der Waals surface area contributed by atoms with Crippen molar-refractivity contribution in [3.8, 4) is 5.75 Å². The Bertz CT molecular complexity index is 734. The zero-order chi connectivity index (χ0) is 14.8. The molecule has 0 unspecified atom stereocenters. The number of hydrogen-bond donors (Lipinski definition) is 2. The highest BCUT2D eigenvalue weighted by molar-refractivity contribution is 7.92. The number of rotatable bonds is 4. The molecule has 2 rings (SSSR count). The lowest BCUT2D eigenvalue weighted by Crippen LogP contribution is -2.14. The van der Waals surface area contributed by atoms with Crippen LogP contribution in [-0.2, 0) is 10.0 Å². The molecule has 6 nitrogen and oxygen atoms in total. The third-order valence-corrected chi connectivity index (χ3v) is 4.18. The largest absolute Gasteiger partial charge is 0.495 e. The van der Waals surface area contributed by atoms with Crippen LogP contribution >= 0.6 is 11.6 Å². The molecule has 0 spiro atoms. The molecule has 0 radical (unpaired) electrons. The molecule has 1 heterocycles. The van der Waals surface area contributed by atoms with E-state index in [1.165, 1.54) is 37.6 Å². The third-order valence-electron chi connectivity index (χ3n) is 2.51. The van der Waals surface area contributed by atoms with Crippen molar-refractivity contribution in [3.05, 3.63) is 41.7 Å². The van der Waals surface area contributed by atoms with Crippen molar-refractivity contribution in [1.82, 2.24) is 4.98 Å². The van der Waals surface area contributed by atoms with E-state index in [0.717, 1.165) is 0 Å². The van der Waals surface area contributed by atoms with Gasteiger partial charge in [-0.15, -0.1) is 0 Å². The van der Waals surface area contributed by atoms with Gasteiger partial charge in [0.25, 0.3) is 10.0 Å². The van der Waals surface area contributed by atoms with Crippen LogP contribution in [0.25, 0.3) is 0 Å². The standard InChI is InChI=1S/C12H12ClN3O3S/c1-19-11-5-4-8(7-9(11)14)20(17,18)16-10-3-2-6-15-12(10)13/h2-7,16H,14H2,1H3. The normalized spacial score (nSPS) is 11.1. The Morgan fingerprint density at radius 2 is 2.10 bits per heavy atom. The molecule has 1 aromatic carbocycles. The summed E-state index contributed by atoms with van der Waals surface area (Å²) in [4.78, 5) is 3.81. The molecule has 0 atom stereocenters. The SMILES string of the molecule is COc1ccc(S(=O)(=O)Nc2cccnc2Cl)cc1N. The van der Waals surface area contributed by atoms with E-state index in [1.807, 2.05) is 0 Å². The van der Waals surface area contributed by atoms with E-state index < -0.39 is 10.0 Å². The summed E-state index contributed by atoms with van der Waals surface area (Å²) in [7, 11) is -2.34. The first kappa shape index (κ1) is 14.4. The summed E-state index contributed by atoms with van der Waals surface area (Å²) in [5.41, 5.74) is 6.12. The molecule has 0 aliphatic carbocycles. The van der Waals surface area contributed by atoms with Crippen molar-refractivity contribution in [2.75, 3.05) is 17.6 Å². The second-order valence-corrected chi connectivity index (χ2v) is 5.89. The van der Waals surface area contributed by atoms with Crippen molar-refractivity contribution in [2.45, 2.75) is 4.90 Å². The minimum atomic E-state index is -3.79. The summed E-state index contributed by atoms with van der Waals surface area (Å²) < 4.78 is 31.8. The number of methoxy groups -OCH3 is 1. The molecule has 2 aromatic rings. The van der Waals surface area contributed by atoms with Gasteiger partial charge in [0.1, 0.15) is 5.75 Å². The number of aromatic nitrogens is 1. The number of anilines is 2. The zero-order valence-corrected chi connectivity index (χ0v) is 12.1. The minimum absolute atomic E-state index is 0.00993. The molecule has 0 aliphatic rings.